The zero-order chi connectivity index (χ0) is 12.6. The van der Waals surface area contributed by atoms with Crippen molar-refractivity contribution in [3.63, 3.8) is 0 Å². The molecule has 18 heavy (non-hydrogen) atoms. The fourth-order valence-corrected chi connectivity index (χ4v) is 2.62. The quantitative estimate of drug-likeness (QED) is 0.761. The molecule has 0 saturated carbocycles. The fraction of sp³-hybridized carbons (Fsp3) is 0.462. The van der Waals surface area contributed by atoms with Gasteiger partial charge < -0.3 is 10.1 Å². The Morgan fingerprint density at radius 2 is 2.28 bits per heavy atom. The van der Waals surface area contributed by atoms with Crippen LogP contribution in [-0.2, 0) is 4.79 Å². The van der Waals surface area contributed by atoms with Gasteiger partial charge in [-0.1, -0.05) is 18.2 Å². The largest absolute Gasteiger partial charge is 0.494 e. The lowest BCUT2D eigenvalue weighted by Gasteiger charge is -2.10. The van der Waals surface area contributed by atoms with Crippen molar-refractivity contribution in [2.75, 3.05) is 24.8 Å². The van der Waals surface area contributed by atoms with Crippen LogP contribution in [0, 0.1) is 0 Å². The standard InChI is InChI=1S/C13H18N2O2S/c16-13(12-9-18-10-15-12)14-7-4-8-17-11-5-2-1-3-6-11/h1-3,5-6,12,15H,4,7-10H2,(H,14,16). The lowest BCUT2D eigenvalue weighted by Crippen LogP contribution is -2.42. The summed E-state index contributed by atoms with van der Waals surface area (Å²) < 4.78 is 5.54. The van der Waals surface area contributed by atoms with Gasteiger partial charge in [0.2, 0.25) is 5.91 Å². The van der Waals surface area contributed by atoms with Gasteiger partial charge in [-0.2, -0.15) is 0 Å². The summed E-state index contributed by atoms with van der Waals surface area (Å²) >= 11 is 1.75. The van der Waals surface area contributed by atoms with Gasteiger partial charge in [0.25, 0.3) is 0 Å². The minimum Gasteiger partial charge on any atom is -0.494 e. The third-order valence-corrected chi connectivity index (χ3v) is 3.60. The van der Waals surface area contributed by atoms with Gasteiger partial charge in [-0.3, -0.25) is 10.1 Å². The van der Waals surface area contributed by atoms with Crippen LogP contribution in [0.4, 0.5) is 0 Å². The Bertz CT molecular complexity index is 367. The Morgan fingerprint density at radius 1 is 1.44 bits per heavy atom. The molecule has 4 nitrogen and oxygen atoms in total. The average molecular weight is 266 g/mol. The van der Waals surface area contributed by atoms with Crippen molar-refractivity contribution in [1.82, 2.24) is 10.6 Å². The molecule has 1 aromatic rings. The van der Waals surface area contributed by atoms with Crippen LogP contribution >= 0.6 is 11.8 Å². The number of rotatable bonds is 6. The van der Waals surface area contributed by atoms with Gasteiger partial charge in [-0.25, -0.2) is 0 Å². The molecule has 0 aromatic heterocycles. The molecule has 5 heteroatoms. The number of thioether (sulfide) groups is 1. The molecule has 1 saturated heterocycles. The lowest BCUT2D eigenvalue weighted by molar-refractivity contribution is -0.122. The molecule has 0 bridgehead atoms. The van der Waals surface area contributed by atoms with E-state index in [9.17, 15) is 4.79 Å². The van der Waals surface area contributed by atoms with E-state index in [2.05, 4.69) is 10.6 Å². The third kappa shape index (κ3) is 4.23. The number of hydrogen-bond acceptors (Lipinski definition) is 4. The molecule has 1 heterocycles. The molecule has 1 amide bonds. The Hall–Kier alpha value is -1.20. The van der Waals surface area contributed by atoms with Crippen LogP contribution in [0.25, 0.3) is 0 Å². The molecule has 1 fully saturated rings. The minimum absolute atomic E-state index is 0.0231. The van der Waals surface area contributed by atoms with Crippen molar-refractivity contribution >= 4 is 17.7 Å². The normalized spacial score (nSPS) is 18.6. The molecule has 1 aromatic carbocycles. The van der Waals surface area contributed by atoms with Crippen molar-refractivity contribution in [3.8, 4) is 5.75 Å². The van der Waals surface area contributed by atoms with Crippen molar-refractivity contribution in [3.05, 3.63) is 30.3 Å². The molecule has 1 unspecified atom stereocenters. The van der Waals surface area contributed by atoms with E-state index in [1.54, 1.807) is 11.8 Å². The highest BCUT2D eigenvalue weighted by Gasteiger charge is 2.21. The molecular weight excluding hydrogens is 248 g/mol. The first-order chi connectivity index (χ1) is 8.86. The first-order valence-electron chi connectivity index (χ1n) is 6.13. The molecule has 0 aliphatic carbocycles. The maximum absolute atomic E-state index is 11.7. The Morgan fingerprint density at radius 3 is 3.00 bits per heavy atom. The highest BCUT2D eigenvalue weighted by Crippen LogP contribution is 2.09. The van der Waals surface area contributed by atoms with Crippen LogP contribution in [0.2, 0.25) is 0 Å². The summed E-state index contributed by atoms with van der Waals surface area (Å²) in [6.45, 7) is 1.28. The van der Waals surface area contributed by atoms with E-state index < -0.39 is 0 Å². The van der Waals surface area contributed by atoms with Crippen LogP contribution in [-0.4, -0.2) is 36.7 Å². The van der Waals surface area contributed by atoms with Crippen molar-refractivity contribution < 1.29 is 9.53 Å². The topological polar surface area (TPSA) is 50.4 Å². The van der Waals surface area contributed by atoms with Gasteiger partial charge >= 0.3 is 0 Å². The van der Waals surface area contributed by atoms with E-state index in [0.29, 0.717) is 13.2 Å². The van der Waals surface area contributed by atoms with Crippen LogP contribution in [0.1, 0.15) is 6.42 Å². The zero-order valence-electron chi connectivity index (χ0n) is 10.2. The first kappa shape index (κ1) is 13.2. The second-order valence-corrected chi connectivity index (χ2v) is 5.11. The Kier molecular flexibility index (Phi) is 5.36. The van der Waals surface area contributed by atoms with Gasteiger partial charge in [0, 0.05) is 18.2 Å². The Balaban J connectivity index is 1.54. The summed E-state index contributed by atoms with van der Waals surface area (Å²) in [7, 11) is 0. The second-order valence-electron chi connectivity index (χ2n) is 4.08. The second kappa shape index (κ2) is 7.28. The molecule has 0 radical (unpaired) electrons. The van der Waals surface area contributed by atoms with Crippen LogP contribution in [0.3, 0.4) is 0 Å². The number of carbonyl (C=O) groups excluding carboxylic acids is 1. The summed E-state index contributed by atoms with van der Waals surface area (Å²) in [5, 5.41) is 6.06. The fourth-order valence-electron chi connectivity index (χ4n) is 1.68. The van der Waals surface area contributed by atoms with Gasteiger partial charge in [0.1, 0.15) is 5.75 Å². The molecule has 1 aliphatic rings. The monoisotopic (exact) mass is 266 g/mol. The van der Waals surface area contributed by atoms with Crippen LogP contribution < -0.4 is 15.4 Å². The predicted octanol–water partition coefficient (Wildman–Crippen LogP) is 1.23. The first-order valence-corrected chi connectivity index (χ1v) is 7.28. The van der Waals surface area contributed by atoms with Crippen molar-refractivity contribution in [1.29, 1.82) is 0 Å². The molecule has 2 rings (SSSR count). The third-order valence-electron chi connectivity index (χ3n) is 2.67. The number of hydrogen-bond donors (Lipinski definition) is 2. The molecular formula is C13H18N2O2S. The van der Waals surface area contributed by atoms with Crippen LogP contribution in [0.5, 0.6) is 5.75 Å². The van der Waals surface area contributed by atoms with E-state index >= 15 is 0 Å². The summed E-state index contributed by atoms with van der Waals surface area (Å²) in [4.78, 5) is 11.7. The van der Waals surface area contributed by atoms with E-state index in [0.717, 1.165) is 23.8 Å². The van der Waals surface area contributed by atoms with Gasteiger partial charge in [-0.05, 0) is 18.6 Å². The summed E-state index contributed by atoms with van der Waals surface area (Å²) in [5.74, 6) is 2.71. The summed E-state index contributed by atoms with van der Waals surface area (Å²) in [6.07, 6.45) is 0.820. The highest BCUT2D eigenvalue weighted by molar-refractivity contribution is 7.99. The number of ether oxygens (including phenoxy) is 1. The number of nitrogens with one attached hydrogen (secondary N) is 2. The van der Waals surface area contributed by atoms with Crippen molar-refractivity contribution in [2.24, 2.45) is 0 Å². The molecule has 0 spiro atoms. The number of benzene rings is 1. The molecule has 1 aliphatic heterocycles. The van der Waals surface area contributed by atoms with Gasteiger partial charge in [-0.15, -0.1) is 11.8 Å². The Labute approximate surface area is 111 Å². The SMILES string of the molecule is O=C(NCCCOc1ccccc1)C1CSCN1. The number of carbonyl (C=O) groups is 1. The maximum atomic E-state index is 11.7. The highest BCUT2D eigenvalue weighted by atomic mass is 32.2. The maximum Gasteiger partial charge on any atom is 0.238 e. The minimum atomic E-state index is -0.0231. The van der Waals surface area contributed by atoms with Crippen molar-refractivity contribution in [2.45, 2.75) is 12.5 Å². The number of amides is 1. The smallest absolute Gasteiger partial charge is 0.238 e. The molecule has 2 N–H and O–H groups in total. The van der Waals surface area contributed by atoms with Gasteiger partial charge in [0.05, 0.1) is 12.6 Å². The van der Waals surface area contributed by atoms with Crippen LogP contribution in [0.15, 0.2) is 30.3 Å². The number of para-hydroxylation sites is 1. The van der Waals surface area contributed by atoms with Gasteiger partial charge in [0.15, 0.2) is 0 Å². The van der Waals surface area contributed by atoms with E-state index in [4.69, 9.17) is 4.74 Å². The summed E-state index contributed by atoms with van der Waals surface area (Å²) in [6, 6.07) is 9.68. The summed E-state index contributed by atoms with van der Waals surface area (Å²) in [5.41, 5.74) is 0. The van der Waals surface area contributed by atoms with E-state index in [1.165, 1.54) is 0 Å². The molecule has 98 valence electrons. The predicted molar refractivity (Wildman–Crippen MR) is 73.8 cm³/mol. The molecule has 1 atom stereocenters. The lowest BCUT2D eigenvalue weighted by atomic mass is 10.3. The van der Waals surface area contributed by atoms with E-state index in [1.807, 2.05) is 30.3 Å². The van der Waals surface area contributed by atoms with E-state index in [-0.39, 0.29) is 11.9 Å². The average Bonchev–Trinajstić information content (AvgIpc) is 2.93. The zero-order valence-corrected chi connectivity index (χ0v) is 11.0.